The van der Waals surface area contributed by atoms with E-state index in [-0.39, 0.29) is 24.0 Å². The van der Waals surface area contributed by atoms with Crippen molar-refractivity contribution in [3.63, 3.8) is 0 Å². The lowest BCUT2D eigenvalue weighted by molar-refractivity contribution is -0.137. The lowest BCUT2D eigenvalue weighted by Gasteiger charge is -2.40. The van der Waals surface area contributed by atoms with Crippen molar-refractivity contribution in [1.82, 2.24) is 19.8 Å². The minimum Gasteiger partial charge on any atom is -0.379 e. The highest BCUT2D eigenvalue weighted by Gasteiger charge is 2.33. The Labute approximate surface area is 142 Å². The van der Waals surface area contributed by atoms with Crippen LogP contribution in [0.1, 0.15) is 31.4 Å². The second-order valence-electron chi connectivity index (χ2n) is 6.18. The zero-order chi connectivity index (χ0) is 17.5. The number of nitrogens with one attached hydrogen (secondary N) is 1. The number of hydrogen-bond donors (Lipinski definition) is 1. The fourth-order valence-electron chi connectivity index (χ4n) is 3.02. The Hall–Kier alpha value is -2.15. The highest BCUT2D eigenvalue weighted by Crippen LogP contribution is 2.24. The number of likely N-dealkylation sites (tertiary alicyclic amines) is 1. The van der Waals surface area contributed by atoms with Gasteiger partial charge in [0, 0.05) is 40.2 Å². The molecule has 1 saturated heterocycles. The molecule has 0 aliphatic carbocycles. The van der Waals surface area contributed by atoms with E-state index in [9.17, 15) is 9.59 Å². The van der Waals surface area contributed by atoms with Gasteiger partial charge in [0.1, 0.15) is 0 Å². The van der Waals surface area contributed by atoms with Gasteiger partial charge < -0.3 is 19.5 Å². The predicted octanol–water partition coefficient (Wildman–Crippen LogP) is 1.30. The molecule has 1 aromatic rings. The number of ether oxygens (including phenoxy) is 1. The quantitative estimate of drug-likeness (QED) is 0.795. The Morgan fingerprint density at radius 3 is 2.92 bits per heavy atom. The van der Waals surface area contributed by atoms with E-state index < -0.39 is 0 Å². The number of nitrogens with zero attached hydrogens (tertiary/aromatic N) is 3. The molecule has 0 spiro atoms. The number of H-pyrrole nitrogens is 1. The number of methoxy groups -OCH3 is 1. The van der Waals surface area contributed by atoms with Crippen LogP contribution in [0.15, 0.2) is 18.6 Å². The smallest absolute Gasteiger partial charge is 0.246 e. The molecule has 7 nitrogen and oxygen atoms in total. The topological polar surface area (TPSA) is 78.5 Å². The average Bonchev–Trinajstić information content (AvgIpc) is 3.10. The molecule has 1 aliphatic rings. The third kappa shape index (κ3) is 4.67. The normalized spacial score (nSPS) is 21.2. The summed E-state index contributed by atoms with van der Waals surface area (Å²) in [7, 11) is 5.15. The predicted molar refractivity (Wildman–Crippen MR) is 91.1 cm³/mol. The fraction of sp³-hybridized carbons (Fsp3) is 0.588. The maximum atomic E-state index is 12.6. The van der Waals surface area contributed by atoms with Crippen molar-refractivity contribution in [3.8, 4) is 0 Å². The molecule has 1 N–H and O–H groups in total. The van der Waals surface area contributed by atoms with Gasteiger partial charge in [0.25, 0.3) is 0 Å². The van der Waals surface area contributed by atoms with E-state index in [2.05, 4.69) is 9.97 Å². The van der Waals surface area contributed by atoms with Crippen LogP contribution in [0, 0.1) is 0 Å². The molecule has 2 amide bonds. The maximum Gasteiger partial charge on any atom is 0.246 e. The summed E-state index contributed by atoms with van der Waals surface area (Å²) < 4.78 is 5.57. The third-order valence-electron chi connectivity index (χ3n) is 4.38. The maximum absolute atomic E-state index is 12.6. The Kier molecular flexibility index (Phi) is 6.54. The summed E-state index contributed by atoms with van der Waals surface area (Å²) in [6.45, 7) is 0.687. The number of imidazole rings is 1. The number of carbonyl (C=O) groups excluding carboxylic acids is 2. The largest absolute Gasteiger partial charge is 0.379 e. The van der Waals surface area contributed by atoms with E-state index >= 15 is 0 Å². The summed E-state index contributed by atoms with van der Waals surface area (Å²) in [5, 5.41) is 0. The number of piperidine rings is 1. The molecule has 24 heavy (non-hydrogen) atoms. The third-order valence-corrected chi connectivity index (χ3v) is 4.38. The number of carbonyl (C=O) groups is 2. The monoisotopic (exact) mass is 334 g/mol. The van der Waals surface area contributed by atoms with Crippen LogP contribution >= 0.6 is 0 Å². The summed E-state index contributed by atoms with van der Waals surface area (Å²) in [5.41, 5.74) is 0.781. The summed E-state index contributed by atoms with van der Waals surface area (Å²) in [4.78, 5) is 34.8. The summed E-state index contributed by atoms with van der Waals surface area (Å²) in [6, 6.07) is -0.0773. The van der Waals surface area contributed by atoms with Gasteiger partial charge in [-0.05, 0) is 25.3 Å². The minimum absolute atomic E-state index is 0.0294. The molecule has 0 bridgehead atoms. The summed E-state index contributed by atoms with van der Waals surface area (Å²) >= 11 is 0. The molecule has 0 radical (unpaired) electrons. The Balaban J connectivity index is 2.05. The van der Waals surface area contributed by atoms with E-state index in [0.717, 1.165) is 18.5 Å². The van der Waals surface area contributed by atoms with E-state index in [1.807, 2.05) is 4.90 Å². The Morgan fingerprint density at radius 1 is 1.50 bits per heavy atom. The van der Waals surface area contributed by atoms with Crippen LogP contribution in [0.2, 0.25) is 0 Å². The fourth-order valence-corrected chi connectivity index (χ4v) is 3.02. The van der Waals surface area contributed by atoms with Gasteiger partial charge >= 0.3 is 0 Å². The van der Waals surface area contributed by atoms with Crippen molar-refractivity contribution in [2.45, 2.75) is 37.8 Å². The second-order valence-corrected chi connectivity index (χ2v) is 6.18. The molecule has 0 unspecified atom stereocenters. The molecule has 1 fully saturated rings. The van der Waals surface area contributed by atoms with Crippen molar-refractivity contribution in [2.75, 3.05) is 27.7 Å². The van der Waals surface area contributed by atoms with E-state index in [4.69, 9.17) is 4.74 Å². The van der Waals surface area contributed by atoms with Gasteiger partial charge in [-0.25, -0.2) is 4.98 Å². The molecule has 1 aromatic heterocycles. The standard InChI is InChI=1S/C17H26N4O3/c1-20(2)16(22)9-7-14-15(24-3)5-4-10-21(14)17(23)8-6-13-11-18-12-19-13/h6,8,11-12,14-15H,4-5,7,9-10H2,1-3H3,(H,18,19)/t14-,15-/m0/s1. The van der Waals surface area contributed by atoms with Crippen molar-refractivity contribution < 1.29 is 14.3 Å². The van der Waals surface area contributed by atoms with Crippen LogP contribution in [0.4, 0.5) is 0 Å². The Morgan fingerprint density at radius 2 is 2.29 bits per heavy atom. The van der Waals surface area contributed by atoms with E-state index in [0.29, 0.717) is 19.4 Å². The molecule has 2 rings (SSSR count). The molecule has 2 atom stereocenters. The van der Waals surface area contributed by atoms with Gasteiger partial charge in [-0.3, -0.25) is 9.59 Å². The first-order valence-corrected chi connectivity index (χ1v) is 8.23. The zero-order valence-corrected chi connectivity index (χ0v) is 14.6. The molecule has 132 valence electrons. The van der Waals surface area contributed by atoms with E-state index in [1.165, 1.54) is 0 Å². The summed E-state index contributed by atoms with van der Waals surface area (Å²) in [5.74, 6) is 0.00415. The molecule has 1 aliphatic heterocycles. The highest BCUT2D eigenvalue weighted by molar-refractivity contribution is 5.91. The van der Waals surface area contributed by atoms with Crippen LogP contribution in [-0.4, -0.2) is 71.5 Å². The van der Waals surface area contributed by atoms with Crippen LogP contribution < -0.4 is 0 Å². The van der Waals surface area contributed by atoms with Crippen molar-refractivity contribution in [1.29, 1.82) is 0 Å². The van der Waals surface area contributed by atoms with Gasteiger partial charge in [-0.15, -0.1) is 0 Å². The molecule has 0 saturated carbocycles. The lowest BCUT2D eigenvalue weighted by Crippen LogP contribution is -2.51. The van der Waals surface area contributed by atoms with Crippen molar-refractivity contribution in [3.05, 3.63) is 24.3 Å². The van der Waals surface area contributed by atoms with Crippen molar-refractivity contribution >= 4 is 17.9 Å². The molecular weight excluding hydrogens is 308 g/mol. The Bertz CT molecular complexity index is 568. The number of amides is 2. The first-order valence-electron chi connectivity index (χ1n) is 8.23. The second kappa shape index (κ2) is 8.63. The molecule has 7 heteroatoms. The van der Waals surface area contributed by atoms with E-state index in [1.54, 1.807) is 50.8 Å². The lowest BCUT2D eigenvalue weighted by atomic mass is 9.94. The zero-order valence-electron chi connectivity index (χ0n) is 14.6. The molecular formula is C17H26N4O3. The van der Waals surface area contributed by atoms with Crippen LogP contribution in [0.25, 0.3) is 6.08 Å². The average molecular weight is 334 g/mol. The minimum atomic E-state index is -0.0773. The van der Waals surface area contributed by atoms with Crippen LogP contribution in [0.5, 0.6) is 0 Å². The van der Waals surface area contributed by atoms with Gasteiger partial charge in [0.2, 0.25) is 11.8 Å². The van der Waals surface area contributed by atoms with Crippen LogP contribution in [-0.2, 0) is 14.3 Å². The number of hydrogen-bond acceptors (Lipinski definition) is 4. The highest BCUT2D eigenvalue weighted by atomic mass is 16.5. The van der Waals surface area contributed by atoms with Gasteiger partial charge in [-0.1, -0.05) is 0 Å². The first kappa shape index (κ1) is 18.2. The summed E-state index contributed by atoms with van der Waals surface area (Å²) in [6.07, 6.45) is 9.29. The van der Waals surface area contributed by atoms with Crippen molar-refractivity contribution in [2.24, 2.45) is 0 Å². The number of aromatic amines is 1. The van der Waals surface area contributed by atoms with Gasteiger partial charge in [0.05, 0.1) is 30.4 Å². The van der Waals surface area contributed by atoms with Gasteiger partial charge in [0.15, 0.2) is 0 Å². The first-order chi connectivity index (χ1) is 11.5. The SMILES string of the molecule is CO[C@H]1CCCN(C(=O)C=Cc2cnc[nH]2)[C@H]1CCC(=O)N(C)C. The molecule has 2 heterocycles. The van der Waals surface area contributed by atoms with Crippen LogP contribution in [0.3, 0.4) is 0 Å². The number of rotatable bonds is 6. The molecule has 0 aromatic carbocycles. The number of aromatic nitrogens is 2. The van der Waals surface area contributed by atoms with Gasteiger partial charge in [-0.2, -0.15) is 0 Å².